The molecule has 4 nitrogen and oxygen atoms in total. The number of hydrogen-bond acceptors (Lipinski definition) is 3. The number of pyridine rings is 1. The van der Waals surface area contributed by atoms with E-state index in [1.54, 1.807) is 6.21 Å². The lowest BCUT2D eigenvalue weighted by molar-refractivity contribution is 1.32. The third-order valence-corrected chi connectivity index (χ3v) is 5.06. The van der Waals surface area contributed by atoms with Crippen LogP contribution in [0.15, 0.2) is 46.7 Å². The van der Waals surface area contributed by atoms with Gasteiger partial charge in [0.25, 0.3) is 0 Å². The summed E-state index contributed by atoms with van der Waals surface area (Å²) in [6.07, 6.45) is 7.06. The number of rotatable bonds is 5. The zero-order valence-corrected chi connectivity index (χ0v) is 17.2. The van der Waals surface area contributed by atoms with Gasteiger partial charge in [0.05, 0.1) is 5.52 Å². The quantitative estimate of drug-likeness (QED) is 0.187. The third-order valence-electron chi connectivity index (χ3n) is 3.21. The molecular formula is C18H17BrClN4P. The van der Waals surface area contributed by atoms with Crippen LogP contribution in [-0.2, 0) is 0 Å². The summed E-state index contributed by atoms with van der Waals surface area (Å²) in [5.41, 5.74) is 2.43. The Hall–Kier alpha value is -1.73. The highest BCUT2D eigenvalue weighted by molar-refractivity contribution is 9.09. The average molecular weight is 436 g/mol. The molecule has 0 aliphatic carbocycles. The van der Waals surface area contributed by atoms with Gasteiger partial charge in [0.1, 0.15) is 11.5 Å². The minimum absolute atomic E-state index is 0.120. The molecular weight excluding hydrogens is 419 g/mol. The van der Waals surface area contributed by atoms with E-state index in [2.05, 4.69) is 62.0 Å². The smallest absolute Gasteiger partial charge is 0.223 e. The number of aliphatic imine (C=N–C) groups is 2. The Labute approximate surface area is 162 Å². The Morgan fingerprint density at radius 2 is 2.20 bits per heavy atom. The van der Waals surface area contributed by atoms with E-state index in [1.165, 1.54) is 5.30 Å². The normalized spacial score (nSPS) is 11.9. The highest BCUT2D eigenvalue weighted by Gasteiger charge is 2.13. The van der Waals surface area contributed by atoms with Gasteiger partial charge in [0.15, 0.2) is 0 Å². The molecule has 1 heterocycles. The van der Waals surface area contributed by atoms with E-state index in [4.69, 9.17) is 18.0 Å². The summed E-state index contributed by atoms with van der Waals surface area (Å²) in [5.74, 6) is 2.99. The molecule has 0 aliphatic rings. The van der Waals surface area contributed by atoms with Gasteiger partial charge in [-0.3, -0.25) is 0 Å². The van der Waals surface area contributed by atoms with Crippen molar-refractivity contribution in [3.63, 3.8) is 0 Å². The van der Waals surface area contributed by atoms with Crippen molar-refractivity contribution in [3.8, 4) is 12.3 Å². The second kappa shape index (κ2) is 9.10. The molecule has 0 amide bonds. The van der Waals surface area contributed by atoms with Crippen LogP contribution in [0.25, 0.3) is 10.9 Å². The molecule has 128 valence electrons. The van der Waals surface area contributed by atoms with Crippen LogP contribution in [0.4, 0.5) is 5.69 Å². The van der Waals surface area contributed by atoms with E-state index in [9.17, 15) is 0 Å². The lowest BCUT2D eigenvalue weighted by Gasteiger charge is -2.17. The standard InChI is InChI=1S/C18H17BrClN4P/c1-5-13-6-7-14-15(24-13)8-9-16(17(14)25(3)4)22-12(2)23-18(20)21-11-10-19/h1,6-9,11,22H,2,10H2,3-4H3/b21-11-,23-18-. The first-order chi connectivity index (χ1) is 12.0. The summed E-state index contributed by atoms with van der Waals surface area (Å²) in [6, 6.07) is 7.76. The van der Waals surface area contributed by atoms with Gasteiger partial charge in [-0.1, -0.05) is 36.4 Å². The Kier molecular flexibility index (Phi) is 7.13. The number of anilines is 1. The molecule has 1 aromatic heterocycles. The molecule has 0 saturated heterocycles. The van der Waals surface area contributed by atoms with E-state index in [0.717, 1.165) is 16.6 Å². The van der Waals surface area contributed by atoms with Gasteiger partial charge in [0.2, 0.25) is 5.29 Å². The molecule has 0 radical (unpaired) electrons. The molecule has 7 heteroatoms. The number of benzene rings is 1. The Morgan fingerprint density at radius 3 is 2.84 bits per heavy atom. The van der Waals surface area contributed by atoms with Crippen molar-refractivity contribution in [2.45, 2.75) is 0 Å². The highest BCUT2D eigenvalue weighted by Crippen LogP contribution is 2.33. The van der Waals surface area contributed by atoms with Crippen molar-refractivity contribution >= 4 is 68.9 Å². The van der Waals surface area contributed by atoms with Gasteiger partial charge >= 0.3 is 0 Å². The van der Waals surface area contributed by atoms with Crippen LogP contribution in [0.5, 0.6) is 0 Å². The maximum absolute atomic E-state index is 5.96. The fraction of sp³-hybridized carbons (Fsp3) is 0.167. The van der Waals surface area contributed by atoms with Crippen molar-refractivity contribution in [3.05, 3.63) is 42.4 Å². The van der Waals surface area contributed by atoms with E-state index in [1.807, 2.05) is 24.3 Å². The van der Waals surface area contributed by atoms with Gasteiger partial charge in [-0.25, -0.2) is 15.0 Å². The van der Waals surface area contributed by atoms with Crippen LogP contribution >= 0.6 is 35.5 Å². The molecule has 0 unspecified atom stereocenters. The fourth-order valence-electron chi connectivity index (χ4n) is 2.29. The summed E-state index contributed by atoms with van der Waals surface area (Å²) in [4.78, 5) is 12.6. The molecule has 0 aliphatic heterocycles. The van der Waals surface area contributed by atoms with Gasteiger partial charge in [0, 0.05) is 27.9 Å². The second-order valence-electron chi connectivity index (χ2n) is 5.18. The Balaban J connectivity index is 2.41. The second-order valence-corrected chi connectivity index (χ2v) is 8.40. The van der Waals surface area contributed by atoms with Crippen LogP contribution in [0, 0.1) is 12.3 Å². The predicted molar refractivity (Wildman–Crippen MR) is 116 cm³/mol. The van der Waals surface area contributed by atoms with Gasteiger partial charge in [-0.05, 0) is 49.2 Å². The Bertz CT molecular complexity index is 900. The molecule has 0 saturated carbocycles. The lowest BCUT2D eigenvalue weighted by atomic mass is 10.1. The van der Waals surface area contributed by atoms with E-state index >= 15 is 0 Å². The number of alkyl halides is 1. The van der Waals surface area contributed by atoms with Crippen LogP contribution in [-0.4, -0.2) is 35.2 Å². The first kappa shape index (κ1) is 19.6. The largest absolute Gasteiger partial charge is 0.340 e. The maximum Gasteiger partial charge on any atom is 0.223 e. The molecule has 0 fully saturated rings. The molecule has 25 heavy (non-hydrogen) atoms. The molecule has 1 N–H and O–H groups in total. The zero-order valence-electron chi connectivity index (χ0n) is 13.9. The van der Waals surface area contributed by atoms with Crippen LogP contribution < -0.4 is 10.6 Å². The van der Waals surface area contributed by atoms with Gasteiger partial charge in [-0.2, -0.15) is 0 Å². The lowest BCUT2D eigenvalue weighted by Crippen LogP contribution is -2.11. The number of nitrogens with one attached hydrogen (secondary N) is 1. The zero-order chi connectivity index (χ0) is 18.4. The number of fused-ring (bicyclic) bond motifs is 1. The van der Waals surface area contributed by atoms with Gasteiger partial charge < -0.3 is 5.32 Å². The monoisotopic (exact) mass is 434 g/mol. The number of nitrogens with zero attached hydrogens (tertiary/aromatic N) is 3. The number of hydrogen-bond donors (Lipinski definition) is 1. The summed E-state index contributed by atoms with van der Waals surface area (Å²) < 4.78 is 0. The Morgan fingerprint density at radius 1 is 1.44 bits per heavy atom. The molecule has 2 aromatic rings. The molecule has 1 aromatic carbocycles. The summed E-state index contributed by atoms with van der Waals surface area (Å²) >= 11 is 9.20. The van der Waals surface area contributed by atoms with E-state index < -0.39 is 7.92 Å². The highest BCUT2D eigenvalue weighted by atomic mass is 79.9. The van der Waals surface area contributed by atoms with Gasteiger partial charge in [-0.15, -0.1) is 6.42 Å². The van der Waals surface area contributed by atoms with Crippen molar-refractivity contribution in [1.29, 1.82) is 0 Å². The first-order valence-electron chi connectivity index (χ1n) is 7.32. The minimum atomic E-state index is -0.403. The minimum Gasteiger partial charge on any atom is -0.340 e. The fourth-order valence-corrected chi connectivity index (χ4v) is 3.88. The SMILES string of the molecule is C#Cc1ccc2c(P(C)C)c(NC(=C)/N=C(Cl)\N=C/CBr)ccc2n1. The van der Waals surface area contributed by atoms with Crippen molar-refractivity contribution < 1.29 is 0 Å². The summed E-state index contributed by atoms with van der Waals surface area (Å²) in [7, 11) is -0.403. The first-order valence-corrected chi connectivity index (χ1v) is 11.1. The number of aromatic nitrogens is 1. The maximum atomic E-state index is 5.96. The molecule has 0 bridgehead atoms. The number of halogens is 2. The molecule has 0 spiro atoms. The molecule has 0 atom stereocenters. The molecule has 2 rings (SSSR count). The topological polar surface area (TPSA) is 49.6 Å². The van der Waals surface area contributed by atoms with E-state index in [0.29, 0.717) is 16.8 Å². The van der Waals surface area contributed by atoms with E-state index in [-0.39, 0.29) is 5.29 Å². The number of terminal acetylenes is 1. The average Bonchev–Trinajstić information content (AvgIpc) is 2.58. The summed E-state index contributed by atoms with van der Waals surface area (Å²) in [5, 5.41) is 6.19. The predicted octanol–water partition coefficient (Wildman–Crippen LogP) is 4.53. The van der Waals surface area contributed by atoms with Crippen LogP contribution in [0.2, 0.25) is 0 Å². The van der Waals surface area contributed by atoms with Crippen molar-refractivity contribution in [2.24, 2.45) is 9.98 Å². The third kappa shape index (κ3) is 5.12. The van der Waals surface area contributed by atoms with Crippen LogP contribution in [0.1, 0.15) is 5.69 Å². The van der Waals surface area contributed by atoms with Crippen molar-refractivity contribution in [2.75, 3.05) is 24.0 Å². The van der Waals surface area contributed by atoms with Crippen LogP contribution in [0.3, 0.4) is 0 Å². The summed E-state index contributed by atoms with van der Waals surface area (Å²) in [6.45, 7) is 8.27. The van der Waals surface area contributed by atoms with Crippen molar-refractivity contribution in [1.82, 2.24) is 4.98 Å². The number of amidine groups is 1.